The van der Waals surface area contributed by atoms with Gasteiger partial charge in [-0.1, -0.05) is 13.0 Å². The van der Waals surface area contributed by atoms with Gasteiger partial charge < -0.3 is 10.6 Å². The van der Waals surface area contributed by atoms with Crippen LogP contribution in [0.4, 0.5) is 8.78 Å². The van der Waals surface area contributed by atoms with E-state index in [-0.39, 0.29) is 23.2 Å². The van der Waals surface area contributed by atoms with Crippen molar-refractivity contribution in [3.63, 3.8) is 0 Å². The molecule has 0 aromatic heterocycles. The number of benzene rings is 1. The molecule has 2 fully saturated rings. The monoisotopic (exact) mass is 294 g/mol. The third-order valence-electron chi connectivity index (χ3n) is 4.83. The number of halogens is 2. The average Bonchev–Trinajstić information content (AvgIpc) is 3.13. The predicted octanol–water partition coefficient (Wildman–Crippen LogP) is 2.27. The zero-order chi connectivity index (χ0) is 15.2. The molecule has 3 unspecified atom stereocenters. The highest BCUT2D eigenvalue weighted by Gasteiger charge is 2.48. The molecular formula is C16H20F2N2O. The summed E-state index contributed by atoms with van der Waals surface area (Å²) in [4.78, 5) is 14.3. The van der Waals surface area contributed by atoms with Crippen LogP contribution in [0.15, 0.2) is 18.2 Å². The Morgan fingerprint density at radius 2 is 2.24 bits per heavy atom. The molecular weight excluding hydrogens is 274 g/mol. The molecule has 2 aliphatic rings. The molecule has 1 aliphatic carbocycles. The van der Waals surface area contributed by atoms with Crippen molar-refractivity contribution >= 4 is 5.91 Å². The van der Waals surface area contributed by atoms with E-state index in [0.29, 0.717) is 25.1 Å². The summed E-state index contributed by atoms with van der Waals surface area (Å²) in [6.07, 6.45) is 1.56. The summed E-state index contributed by atoms with van der Waals surface area (Å²) >= 11 is 0. The quantitative estimate of drug-likeness (QED) is 0.929. The topological polar surface area (TPSA) is 46.3 Å². The van der Waals surface area contributed by atoms with E-state index in [2.05, 4.69) is 6.92 Å². The standard InChI is InChI=1S/C16H20F2N2O/c1-16(8-19)4-5-20(9-16)15(21)13-7-12(13)11-3-2-10(17)6-14(11)18/h2-3,6,12-13H,4-5,7-9,19H2,1H3. The fourth-order valence-electron chi connectivity index (χ4n) is 3.23. The number of amides is 1. The first-order valence-electron chi connectivity index (χ1n) is 7.37. The molecule has 3 rings (SSSR count). The SMILES string of the molecule is CC1(CN)CCN(C(=O)C2CC2c2ccc(F)cc2F)C1. The van der Waals surface area contributed by atoms with Crippen LogP contribution >= 0.6 is 0 Å². The number of hydrogen-bond acceptors (Lipinski definition) is 2. The number of nitrogens with zero attached hydrogens (tertiary/aromatic N) is 1. The molecule has 5 heteroatoms. The van der Waals surface area contributed by atoms with Gasteiger partial charge >= 0.3 is 0 Å². The summed E-state index contributed by atoms with van der Waals surface area (Å²) in [5.41, 5.74) is 6.21. The average molecular weight is 294 g/mol. The lowest BCUT2D eigenvalue weighted by Gasteiger charge is -2.22. The Morgan fingerprint density at radius 1 is 1.48 bits per heavy atom. The maximum atomic E-state index is 13.8. The van der Waals surface area contributed by atoms with Crippen LogP contribution in [0.3, 0.4) is 0 Å². The molecule has 3 atom stereocenters. The van der Waals surface area contributed by atoms with E-state index in [0.717, 1.165) is 19.0 Å². The van der Waals surface area contributed by atoms with Crippen molar-refractivity contribution in [2.75, 3.05) is 19.6 Å². The first kappa shape index (κ1) is 14.4. The van der Waals surface area contributed by atoms with Crippen LogP contribution in [0.1, 0.15) is 31.2 Å². The minimum atomic E-state index is -0.585. The van der Waals surface area contributed by atoms with Crippen molar-refractivity contribution in [3.05, 3.63) is 35.4 Å². The lowest BCUT2D eigenvalue weighted by molar-refractivity contribution is -0.132. The summed E-state index contributed by atoms with van der Waals surface area (Å²) < 4.78 is 26.7. The van der Waals surface area contributed by atoms with Gasteiger partial charge in [-0.3, -0.25) is 4.79 Å². The number of carbonyl (C=O) groups is 1. The molecule has 1 heterocycles. The molecule has 0 bridgehead atoms. The Morgan fingerprint density at radius 3 is 2.86 bits per heavy atom. The summed E-state index contributed by atoms with van der Waals surface area (Å²) in [5, 5.41) is 0. The van der Waals surface area contributed by atoms with Gasteiger partial charge in [-0.05, 0) is 42.3 Å². The van der Waals surface area contributed by atoms with Crippen molar-refractivity contribution in [2.45, 2.75) is 25.7 Å². The number of carbonyl (C=O) groups excluding carboxylic acids is 1. The van der Waals surface area contributed by atoms with E-state index in [4.69, 9.17) is 5.73 Å². The van der Waals surface area contributed by atoms with Crippen molar-refractivity contribution in [3.8, 4) is 0 Å². The van der Waals surface area contributed by atoms with E-state index >= 15 is 0 Å². The smallest absolute Gasteiger partial charge is 0.226 e. The molecule has 1 saturated carbocycles. The van der Waals surface area contributed by atoms with Crippen LogP contribution < -0.4 is 5.73 Å². The van der Waals surface area contributed by atoms with Crippen LogP contribution in [0.25, 0.3) is 0 Å². The summed E-state index contributed by atoms with van der Waals surface area (Å²) in [6.45, 7) is 4.06. The molecule has 1 aromatic carbocycles. The molecule has 1 aromatic rings. The van der Waals surface area contributed by atoms with E-state index < -0.39 is 11.6 Å². The van der Waals surface area contributed by atoms with Crippen LogP contribution in [0, 0.1) is 23.0 Å². The molecule has 1 aliphatic heterocycles. The molecule has 1 saturated heterocycles. The Kier molecular flexibility index (Phi) is 3.48. The van der Waals surface area contributed by atoms with Crippen LogP contribution in [-0.2, 0) is 4.79 Å². The third-order valence-corrected chi connectivity index (χ3v) is 4.83. The number of nitrogens with two attached hydrogens (primary N) is 1. The molecule has 3 nitrogen and oxygen atoms in total. The minimum Gasteiger partial charge on any atom is -0.342 e. The summed E-state index contributed by atoms with van der Waals surface area (Å²) in [6, 6.07) is 3.59. The fraction of sp³-hybridized carbons (Fsp3) is 0.562. The molecule has 0 spiro atoms. The Bertz CT molecular complexity index is 577. The van der Waals surface area contributed by atoms with Gasteiger partial charge in [0.05, 0.1) is 0 Å². The van der Waals surface area contributed by atoms with Crippen LogP contribution in [-0.4, -0.2) is 30.4 Å². The Balaban J connectivity index is 1.67. The zero-order valence-electron chi connectivity index (χ0n) is 12.1. The highest BCUT2D eigenvalue weighted by atomic mass is 19.1. The summed E-state index contributed by atoms with van der Waals surface area (Å²) in [5.74, 6) is -1.32. The second kappa shape index (κ2) is 5.05. The van der Waals surface area contributed by atoms with Crippen molar-refractivity contribution < 1.29 is 13.6 Å². The maximum absolute atomic E-state index is 13.8. The number of hydrogen-bond donors (Lipinski definition) is 1. The first-order chi connectivity index (χ1) is 9.93. The van der Waals surface area contributed by atoms with Gasteiger partial charge in [-0.2, -0.15) is 0 Å². The Labute approximate surface area is 123 Å². The second-order valence-electron chi connectivity index (χ2n) is 6.64. The molecule has 114 valence electrons. The summed E-state index contributed by atoms with van der Waals surface area (Å²) in [7, 11) is 0. The Hall–Kier alpha value is -1.49. The highest BCUT2D eigenvalue weighted by Crippen LogP contribution is 2.50. The zero-order valence-corrected chi connectivity index (χ0v) is 12.1. The number of likely N-dealkylation sites (tertiary alicyclic amines) is 1. The fourth-order valence-corrected chi connectivity index (χ4v) is 3.23. The molecule has 21 heavy (non-hydrogen) atoms. The van der Waals surface area contributed by atoms with Gasteiger partial charge in [0, 0.05) is 25.1 Å². The molecule has 2 N–H and O–H groups in total. The largest absolute Gasteiger partial charge is 0.342 e. The minimum absolute atomic E-state index is 0.00116. The van der Waals surface area contributed by atoms with Crippen molar-refractivity contribution in [1.29, 1.82) is 0 Å². The first-order valence-corrected chi connectivity index (χ1v) is 7.37. The van der Waals surface area contributed by atoms with Crippen molar-refractivity contribution in [1.82, 2.24) is 4.90 Å². The normalized spacial score (nSPS) is 31.5. The number of rotatable bonds is 3. The molecule has 1 amide bonds. The van der Waals surface area contributed by atoms with E-state index in [1.807, 2.05) is 4.90 Å². The lowest BCUT2D eigenvalue weighted by atomic mass is 9.90. The van der Waals surface area contributed by atoms with E-state index in [9.17, 15) is 13.6 Å². The lowest BCUT2D eigenvalue weighted by Crippen LogP contribution is -2.35. The van der Waals surface area contributed by atoms with Crippen LogP contribution in [0.5, 0.6) is 0 Å². The predicted molar refractivity (Wildman–Crippen MR) is 75.6 cm³/mol. The highest BCUT2D eigenvalue weighted by molar-refractivity contribution is 5.83. The van der Waals surface area contributed by atoms with Gasteiger partial charge in [0.1, 0.15) is 11.6 Å². The maximum Gasteiger partial charge on any atom is 0.226 e. The van der Waals surface area contributed by atoms with Gasteiger partial charge in [0.2, 0.25) is 5.91 Å². The van der Waals surface area contributed by atoms with E-state index in [1.165, 1.54) is 12.1 Å². The van der Waals surface area contributed by atoms with Crippen LogP contribution in [0.2, 0.25) is 0 Å². The van der Waals surface area contributed by atoms with Gasteiger partial charge in [-0.25, -0.2) is 8.78 Å². The van der Waals surface area contributed by atoms with Gasteiger partial charge in [0.15, 0.2) is 0 Å². The second-order valence-corrected chi connectivity index (χ2v) is 6.64. The third kappa shape index (κ3) is 2.67. The van der Waals surface area contributed by atoms with Crippen molar-refractivity contribution in [2.24, 2.45) is 17.1 Å². The van der Waals surface area contributed by atoms with E-state index in [1.54, 1.807) is 0 Å². The molecule has 0 radical (unpaired) electrons. The van der Waals surface area contributed by atoms with Gasteiger partial charge in [-0.15, -0.1) is 0 Å². The van der Waals surface area contributed by atoms with Gasteiger partial charge in [0.25, 0.3) is 0 Å².